The number of benzene rings is 2. The van der Waals surface area contributed by atoms with E-state index in [-0.39, 0.29) is 29.3 Å². The van der Waals surface area contributed by atoms with Crippen molar-refractivity contribution >= 4 is 34.3 Å². The highest BCUT2D eigenvalue weighted by atomic mass is 16.5. The van der Waals surface area contributed by atoms with Gasteiger partial charge in [-0.2, -0.15) is 0 Å². The van der Waals surface area contributed by atoms with E-state index in [4.69, 9.17) is 4.74 Å². The molecule has 4 rings (SSSR count). The Labute approximate surface area is 196 Å². The average molecular weight is 466 g/mol. The van der Waals surface area contributed by atoms with Gasteiger partial charge in [0.2, 0.25) is 5.91 Å². The number of carbonyl (C=O) groups is 2. The Kier molecular flexibility index (Phi) is 6.67. The highest BCUT2D eigenvalue weighted by Crippen LogP contribution is 2.33. The third-order valence-electron chi connectivity index (χ3n) is 5.74. The number of carbonyl (C=O) groups excluding carboxylic acids is 1. The van der Waals surface area contributed by atoms with Gasteiger partial charge in [-0.05, 0) is 43.5 Å². The molecule has 2 heterocycles. The van der Waals surface area contributed by atoms with Crippen molar-refractivity contribution in [3.8, 4) is 11.5 Å². The van der Waals surface area contributed by atoms with E-state index in [1.165, 1.54) is 23.0 Å². The molecular formula is C24H27N5O5. The Balaban J connectivity index is 1.70. The lowest BCUT2D eigenvalue weighted by Gasteiger charge is -2.26. The molecule has 0 bridgehead atoms. The first kappa shape index (κ1) is 23.1. The molecule has 0 saturated carbocycles. The van der Waals surface area contributed by atoms with Crippen LogP contribution in [0.25, 0.3) is 10.9 Å². The Morgan fingerprint density at radius 2 is 1.91 bits per heavy atom. The molecule has 10 heteroatoms. The van der Waals surface area contributed by atoms with E-state index in [0.29, 0.717) is 24.4 Å². The molecular weight excluding hydrogens is 438 g/mol. The van der Waals surface area contributed by atoms with Crippen LogP contribution in [0.1, 0.15) is 19.3 Å². The summed E-state index contributed by atoms with van der Waals surface area (Å²) in [5.41, 5.74) is 0.949. The summed E-state index contributed by atoms with van der Waals surface area (Å²) in [6, 6.07) is 10.2. The Hall–Kier alpha value is -4.08. The molecule has 0 radical (unpaired) electrons. The summed E-state index contributed by atoms with van der Waals surface area (Å²) >= 11 is 0. The number of piperidine rings is 1. The minimum atomic E-state index is -1.27. The summed E-state index contributed by atoms with van der Waals surface area (Å²) in [6.07, 6.45) is 3.08. The number of aromatic nitrogens is 2. The SMILES string of the molecule is CN(C)c1cccc(Oc2cc3c(=O)n(CC(=O)N4CCCCC4)cnc3cc2NC(=O)O)c1. The van der Waals surface area contributed by atoms with Gasteiger partial charge in [0.1, 0.15) is 12.3 Å². The van der Waals surface area contributed by atoms with Crippen LogP contribution < -0.4 is 20.5 Å². The van der Waals surface area contributed by atoms with E-state index in [9.17, 15) is 19.5 Å². The van der Waals surface area contributed by atoms with Crippen LogP contribution in [-0.2, 0) is 11.3 Å². The molecule has 0 aliphatic carbocycles. The molecule has 1 aliphatic rings. The fourth-order valence-electron chi connectivity index (χ4n) is 3.94. The first-order valence-electron chi connectivity index (χ1n) is 11.1. The number of ether oxygens (including phenoxy) is 1. The molecule has 178 valence electrons. The Bertz CT molecular complexity index is 1280. The lowest BCUT2D eigenvalue weighted by Crippen LogP contribution is -2.39. The molecule has 0 unspecified atom stereocenters. The summed E-state index contributed by atoms with van der Waals surface area (Å²) in [5, 5.41) is 11.8. The van der Waals surface area contributed by atoms with Crippen LogP contribution in [0.5, 0.6) is 11.5 Å². The summed E-state index contributed by atoms with van der Waals surface area (Å²) in [7, 11) is 3.79. The van der Waals surface area contributed by atoms with Crippen molar-refractivity contribution in [3.05, 3.63) is 53.1 Å². The molecule has 1 saturated heterocycles. The quantitative estimate of drug-likeness (QED) is 0.573. The Morgan fingerprint density at radius 1 is 1.15 bits per heavy atom. The normalized spacial score (nSPS) is 13.5. The number of rotatable bonds is 6. The number of hydrogen-bond donors (Lipinski definition) is 2. The monoisotopic (exact) mass is 465 g/mol. The van der Waals surface area contributed by atoms with Crippen molar-refractivity contribution in [2.75, 3.05) is 37.4 Å². The van der Waals surface area contributed by atoms with Gasteiger partial charge in [-0.25, -0.2) is 9.78 Å². The van der Waals surface area contributed by atoms with E-state index < -0.39 is 11.7 Å². The summed E-state index contributed by atoms with van der Waals surface area (Å²) < 4.78 is 7.25. The van der Waals surface area contributed by atoms with Crippen LogP contribution in [0.4, 0.5) is 16.2 Å². The molecule has 0 spiro atoms. The topological polar surface area (TPSA) is 117 Å². The maximum atomic E-state index is 13.2. The van der Waals surface area contributed by atoms with Crippen LogP contribution in [-0.4, -0.2) is 58.7 Å². The lowest BCUT2D eigenvalue weighted by atomic mass is 10.1. The molecule has 1 fully saturated rings. The molecule has 2 N–H and O–H groups in total. The number of amides is 2. The maximum Gasteiger partial charge on any atom is 0.409 e. The standard InChI is InChI=1S/C24H27N5O5/c1-27(2)16-7-6-8-17(11-16)34-21-12-18-19(13-20(21)26-24(32)33)25-15-29(23(18)31)14-22(30)28-9-4-3-5-10-28/h6-8,11-13,15,26H,3-5,9-10,14H2,1-2H3,(H,32,33). The Morgan fingerprint density at radius 3 is 2.62 bits per heavy atom. The van der Waals surface area contributed by atoms with Gasteiger partial charge in [0.15, 0.2) is 5.75 Å². The van der Waals surface area contributed by atoms with Gasteiger partial charge < -0.3 is 19.6 Å². The molecule has 10 nitrogen and oxygen atoms in total. The van der Waals surface area contributed by atoms with E-state index in [1.54, 1.807) is 17.0 Å². The van der Waals surface area contributed by atoms with Crippen LogP contribution in [0.2, 0.25) is 0 Å². The van der Waals surface area contributed by atoms with Crippen molar-refractivity contribution in [3.63, 3.8) is 0 Å². The van der Waals surface area contributed by atoms with Crippen LogP contribution in [0, 0.1) is 0 Å². The van der Waals surface area contributed by atoms with Gasteiger partial charge in [-0.3, -0.25) is 19.5 Å². The first-order chi connectivity index (χ1) is 16.3. The van der Waals surface area contributed by atoms with Crippen molar-refractivity contribution in [1.82, 2.24) is 14.5 Å². The number of hydrogen-bond acceptors (Lipinski definition) is 6. The van der Waals surface area contributed by atoms with E-state index in [1.807, 2.05) is 31.1 Å². The van der Waals surface area contributed by atoms with Crippen LogP contribution in [0.15, 0.2) is 47.5 Å². The number of nitrogens with zero attached hydrogens (tertiary/aromatic N) is 4. The van der Waals surface area contributed by atoms with E-state index in [2.05, 4.69) is 10.3 Å². The number of likely N-dealkylation sites (tertiary alicyclic amines) is 1. The van der Waals surface area contributed by atoms with E-state index >= 15 is 0 Å². The summed E-state index contributed by atoms with van der Waals surface area (Å²) in [4.78, 5) is 45.2. The fourth-order valence-corrected chi connectivity index (χ4v) is 3.94. The third-order valence-corrected chi connectivity index (χ3v) is 5.74. The largest absolute Gasteiger partial charge is 0.465 e. The second-order valence-corrected chi connectivity index (χ2v) is 8.41. The number of carboxylic acid groups (broad SMARTS) is 1. The molecule has 2 amide bonds. The predicted octanol–water partition coefficient (Wildman–Crippen LogP) is 3.36. The van der Waals surface area contributed by atoms with Gasteiger partial charge in [0.25, 0.3) is 5.56 Å². The zero-order valence-electron chi connectivity index (χ0n) is 19.2. The first-order valence-corrected chi connectivity index (χ1v) is 11.1. The summed E-state index contributed by atoms with van der Waals surface area (Å²) in [6.45, 7) is 1.30. The lowest BCUT2D eigenvalue weighted by molar-refractivity contribution is -0.132. The second-order valence-electron chi connectivity index (χ2n) is 8.41. The molecule has 3 aromatic rings. The van der Waals surface area contributed by atoms with Crippen molar-refractivity contribution in [1.29, 1.82) is 0 Å². The highest BCUT2D eigenvalue weighted by Gasteiger charge is 2.19. The minimum Gasteiger partial charge on any atom is -0.465 e. The van der Waals surface area contributed by atoms with Crippen molar-refractivity contribution < 1.29 is 19.4 Å². The number of nitrogens with one attached hydrogen (secondary N) is 1. The average Bonchev–Trinajstić information content (AvgIpc) is 2.82. The van der Waals surface area contributed by atoms with Gasteiger partial charge >= 0.3 is 6.09 Å². The molecule has 34 heavy (non-hydrogen) atoms. The third kappa shape index (κ3) is 5.11. The smallest absolute Gasteiger partial charge is 0.409 e. The van der Waals surface area contributed by atoms with Crippen molar-refractivity contribution in [2.24, 2.45) is 0 Å². The van der Waals surface area contributed by atoms with Gasteiger partial charge in [-0.1, -0.05) is 6.07 Å². The van der Waals surface area contributed by atoms with Crippen LogP contribution in [0.3, 0.4) is 0 Å². The minimum absolute atomic E-state index is 0.0992. The molecule has 1 aromatic heterocycles. The highest BCUT2D eigenvalue weighted by molar-refractivity contribution is 5.92. The zero-order chi connectivity index (χ0) is 24.2. The van der Waals surface area contributed by atoms with Gasteiger partial charge in [0.05, 0.1) is 22.9 Å². The zero-order valence-corrected chi connectivity index (χ0v) is 19.2. The van der Waals surface area contributed by atoms with Crippen LogP contribution >= 0.6 is 0 Å². The number of fused-ring (bicyclic) bond motifs is 1. The number of anilines is 2. The van der Waals surface area contributed by atoms with Gasteiger partial charge in [-0.15, -0.1) is 0 Å². The fraction of sp³-hybridized carbons (Fsp3) is 0.333. The maximum absolute atomic E-state index is 13.2. The van der Waals surface area contributed by atoms with Crippen molar-refractivity contribution in [2.45, 2.75) is 25.8 Å². The van der Waals surface area contributed by atoms with Gasteiger partial charge in [0, 0.05) is 38.9 Å². The molecule has 1 aliphatic heterocycles. The predicted molar refractivity (Wildman–Crippen MR) is 129 cm³/mol. The molecule has 0 atom stereocenters. The summed E-state index contributed by atoms with van der Waals surface area (Å²) in [5.74, 6) is 0.511. The second kappa shape index (κ2) is 9.82. The van der Waals surface area contributed by atoms with E-state index in [0.717, 1.165) is 24.9 Å². The molecule has 2 aromatic carbocycles.